The first kappa shape index (κ1) is 16.9. The number of nitrogens with one attached hydrogen (secondary N) is 2. The Morgan fingerprint density at radius 1 is 1.38 bits per heavy atom. The Kier molecular flexibility index (Phi) is 5.69. The maximum Gasteiger partial charge on any atom is 0.168 e. The van der Waals surface area contributed by atoms with E-state index >= 15 is 0 Å². The Balaban J connectivity index is 0.00000220. The number of rotatable bonds is 5. The van der Waals surface area contributed by atoms with Gasteiger partial charge in [0.15, 0.2) is 5.82 Å². The number of halogens is 1. The zero-order valence-electron chi connectivity index (χ0n) is 11.6. The average molecular weight is 314 g/mol. The molecule has 1 aromatic carbocycles. The van der Waals surface area contributed by atoms with Gasteiger partial charge in [0, 0.05) is 18.4 Å². The Bertz CT molecular complexity index is 602. The molecule has 1 heterocycles. The van der Waals surface area contributed by atoms with E-state index in [1.54, 1.807) is 12.1 Å². The highest BCUT2D eigenvalue weighted by Crippen LogP contribution is 2.30. The highest BCUT2D eigenvalue weighted by molar-refractivity contribution is 5.85. The first-order valence-electron chi connectivity index (χ1n) is 6.29. The van der Waals surface area contributed by atoms with Crippen LogP contribution >= 0.6 is 12.4 Å². The minimum atomic E-state index is -0.271. The molecule has 0 aliphatic heterocycles. The SMILES string of the molecule is Cc1ccc(NC(CCO)c2[nH]nc(N)c2N)cc1O.Cl. The van der Waals surface area contributed by atoms with Gasteiger partial charge in [0.1, 0.15) is 5.75 Å². The molecule has 1 unspecified atom stereocenters. The average Bonchev–Trinajstić information content (AvgIpc) is 2.74. The summed E-state index contributed by atoms with van der Waals surface area (Å²) in [5.74, 6) is 0.436. The summed E-state index contributed by atoms with van der Waals surface area (Å²) in [7, 11) is 0. The summed E-state index contributed by atoms with van der Waals surface area (Å²) in [6.45, 7) is 1.80. The Morgan fingerprint density at radius 2 is 2.10 bits per heavy atom. The smallest absolute Gasteiger partial charge is 0.168 e. The van der Waals surface area contributed by atoms with E-state index in [0.29, 0.717) is 17.8 Å². The van der Waals surface area contributed by atoms with Crippen molar-refractivity contribution in [2.75, 3.05) is 23.4 Å². The van der Waals surface area contributed by atoms with Crippen molar-refractivity contribution in [3.05, 3.63) is 29.5 Å². The molecule has 0 radical (unpaired) electrons. The monoisotopic (exact) mass is 313 g/mol. The zero-order chi connectivity index (χ0) is 14.7. The lowest BCUT2D eigenvalue weighted by atomic mass is 10.1. The van der Waals surface area contributed by atoms with Crippen molar-refractivity contribution in [3.63, 3.8) is 0 Å². The fraction of sp³-hybridized carbons (Fsp3) is 0.308. The van der Waals surface area contributed by atoms with Gasteiger partial charge >= 0.3 is 0 Å². The quantitative estimate of drug-likeness (QED) is 0.496. The number of aromatic amines is 1. The topological polar surface area (TPSA) is 133 Å². The molecular weight excluding hydrogens is 294 g/mol. The Labute approximate surface area is 128 Å². The van der Waals surface area contributed by atoms with Crippen molar-refractivity contribution in [2.24, 2.45) is 0 Å². The number of nitrogens with zero attached hydrogens (tertiary/aromatic N) is 1. The molecule has 0 bridgehead atoms. The van der Waals surface area contributed by atoms with Crippen LogP contribution in [0.2, 0.25) is 0 Å². The molecule has 0 fully saturated rings. The number of aliphatic hydroxyl groups excluding tert-OH is 1. The first-order chi connectivity index (χ1) is 9.52. The predicted molar refractivity (Wildman–Crippen MR) is 85.6 cm³/mol. The second-order valence-electron chi connectivity index (χ2n) is 4.65. The second-order valence-corrected chi connectivity index (χ2v) is 4.65. The van der Waals surface area contributed by atoms with E-state index in [1.807, 2.05) is 13.0 Å². The highest BCUT2D eigenvalue weighted by atomic mass is 35.5. The van der Waals surface area contributed by atoms with Gasteiger partial charge in [-0.2, -0.15) is 5.10 Å². The van der Waals surface area contributed by atoms with Crippen molar-refractivity contribution < 1.29 is 10.2 Å². The van der Waals surface area contributed by atoms with Crippen LogP contribution in [0.4, 0.5) is 17.2 Å². The molecule has 0 aliphatic carbocycles. The number of aliphatic hydroxyl groups is 1. The van der Waals surface area contributed by atoms with Crippen molar-refractivity contribution in [3.8, 4) is 5.75 Å². The van der Waals surface area contributed by atoms with Crippen LogP contribution in [0.3, 0.4) is 0 Å². The summed E-state index contributed by atoms with van der Waals surface area (Å²) < 4.78 is 0. The number of aryl methyl sites for hydroxylation is 1. The van der Waals surface area contributed by atoms with E-state index in [1.165, 1.54) is 0 Å². The first-order valence-corrected chi connectivity index (χ1v) is 6.29. The standard InChI is InChI=1S/C13H19N5O2.ClH/c1-7-2-3-8(6-10(7)20)16-9(4-5-19)12-11(14)13(15)18-17-12;/h2-3,6,9,16,19-20H,4-5,14H2,1H3,(H3,15,17,18);1H. The third-order valence-electron chi connectivity index (χ3n) is 3.18. The van der Waals surface area contributed by atoms with Crippen molar-refractivity contribution in [1.29, 1.82) is 0 Å². The van der Waals surface area contributed by atoms with Gasteiger partial charge in [-0.15, -0.1) is 12.4 Å². The summed E-state index contributed by atoms with van der Waals surface area (Å²) in [5, 5.41) is 28.7. The van der Waals surface area contributed by atoms with E-state index in [-0.39, 0.29) is 36.6 Å². The van der Waals surface area contributed by atoms with Crippen LogP contribution in [0.5, 0.6) is 5.75 Å². The number of phenols is 1. The molecule has 116 valence electrons. The zero-order valence-corrected chi connectivity index (χ0v) is 12.4. The van der Waals surface area contributed by atoms with Crippen LogP contribution < -0.4 is 16.8 Å². The van der Waals surface area contributed by atoms with E-state index in [9.17, 15) is 10.2 Å². The maximum absolute atomic E-state index is 9.72. The van der Waals surface area contributed by atoms with Crippen LogP contribution in [0.1, 0.15) is 23.7 Å². The number of H-pyrrole nitrogens is 1. The van der Waals surface area contributed by atoms with Crippen molar-refractivity contribution in [1.82, 2.24) is 10.2 Å². The molecule has 0 saturated carbocycles. The lowest BCUT2D eigenvalue weighted by molar-refractivity contribution is 0.279. The van der Waals surface area contributed by atoms with Gasteiger partial charge in [-0.1, -0.05) is 6.07 Å². The number of nitrogen functional groups attached to an aromatic ring is 2. The molecule has 1 aromatic heterocycles. The third kappa shape index (κ3) is 3.71. The molecular formula is C13H20ClN5O2. The molecule has 0 spiro atoms. The van der Waals surface area contributed by atoms with Crippen molar-refractivity contribution >= 4 is 29.6 Å². The Morgan fingerprint density at radius 3 is 2.62 bits per heavy atom. The van der Waals surface area contributed by atoms with E-state index in [2.05, 4.69) is 15.5 Å². The fourth-order valence-electron chi connectivity index (χ4n) is 1.96. The largest absolute Gasteiger partial charge is 0.508 e. The van der Waals surface area contributed by atoms with Gasteiger partial charge in [-0.25, -0.2) is 0 Å². The molecule has 2 aromatic rings. The van der Waals surface area contributed by atoms with E-state index < -0.39 is 0 Å². The summed E-state index contributed by atoms with van der Waals surface area (Å²) >= 11 is 0. The Hall–Kier alpha value is -2.12. The fourth-order valence-corrected chi connectivity index (χ4v) is 1.96. The van der Waals surface area contributed by atoms with Gasteiger partial charge in [0.25, 0.3) is 0 Å². The van der Waals surface area contributed by atoms with Crippen LogP contribution in [-0.2, 0) is 0 Å². The van der Waals surface area contributed by atoms with Crippen LogP contribution in [0.25, 0.3) is 0 Å². The molecule has 0 saturated heterocycles. The molecule has 21 heavy (non-hydrogen) atoms. The molecule has 8 heteroatoms. The van der Waals surface area contributed by atoms with E-state index in [4.69, 9.17) is 11.5 Å². The van der Waals surface area contributed by atoms with Gasteiger partial charge in [-0.3, -0.25) is 5.10 Å². The number of hydrogen-bond acceptors (Lipinski definition) is 6. The molecule has 7 nitrogen and oxygen atoms in total. The summed E-state index contributed by atoms with van der Waals surface area (Å²) in [6, 6.07) is 5.00. The molecule has 8 N–H and O–H groups in total. The van der Waals surface area contributed by atoms with E-state index in [0.717, 1.165) is 11.3 Å². The van der Waals surface area contributed by atoms with Gasteiger partial charge in [0.05, 0.1) is 17.4 Å². The number of aromatic nitrogens is 2. The molecule has 2 rings (SSSR count). The van der Waals surface area contributed by atoms with Crippen molar-refractivity contribution in [2.45, 2.75) is 19.4 Å². The molecule has 1 atom stereocenters. The highest BCUT2D eigenvalue weighted by Gasteiger charge is 2.18. The van der Waals surface area contributed by atoms with Crippen LogP contribution in [0, 0.1) is 6.92 Å². The number of phenolic OH excluding ortho intramolecular Hbond substituents is 1. The summed E-state index contributed by atoms with van der Waals surface area (Å²) in [6.07, 6.45) is 0.431. The number of hydrogen-bond donors (Lipinski definition) is 6. The lowest BCUT2D eigenvalue weighted by Crippen LogP contribution is -2.14. The summed E-state index contributed by atoms with van der Waals surface area (Å²) in [4.78, 5) is 0. The predicted octanol–water partition coefficient (Wildman–Crippen LogP) is 1.55. The minimum Gasteiger partial charge on any atom is -0.508 e. The number of aromatic hydroxyl groups is 1. The van der Waals surface area contributed by atoms with Gasteiger partial charge < -0.3 is 27.0 Å². The second kappa shape index (κ2) is 7.05. The number of anilines is 3. The lowest BCUT2D eigenvalue weighted by Gasteiger charge is -2.19. The number of nitrogens with two attached hydrogens (primary N) is 2. The normalized spacial score (nSPS) is 11.7. The van der Waals surface area contributed by atoms with Crippen LogP contribution in [-0.4, -0.2) is 27.0 Å². The maximum atomic E-state index is 9.72. The molecule has 0 aliphatic rings. The third-order valence-corrected chi connectivity index (χ3v) is 3.18. The summed E-state index contributed by atoms with van der Waals surface area (Å²) in [5.41, 5.74) is 14.0. The number of benzene rings is 1. The minimum absolute atomic E-state index is 0. The van der Waals surface area contributed by atoms with Gasteiger partial charge in [0.2, 0.25) is 0 Å². The van der Waals surface area contributed by atoms with Gasteiger partial charge in [-0.05, 0) is 25.0 Å². The molecule has 0 amide bonds. The van der Waals surface area contributed by atoms with Crippen LogP contribution in [0.15, 0.2) is 18.2 Å².